The highest BCUT2D eigenvalue weighted by Crippen LogP contribution is 2.27. The molecule has 114 valence electrons. The number of unbranched alkanes of at least 4 members (excludes halogenated alkanes) is 1. The minimum absolute atomic E-state index is 0.109. The number of halogens is 5. The van der Waals surface area contributed by atoms with Crippen molar-refractivity contribution in [2.24, 2.45) is 0 Å². The third kappa shape index (κ3) is 4.13. The van der Waals surface area contributed by atoms with Gasteiger partial charge in [-0.3, -0.25) is 0 Å². The third-order valence-corrected chi connectivity index (χ3v) is 3.47. The number of hydrogen-bond acceptors (Lipinski definition) is 4. The molecule has 0 saturated heterocycles. The zero-order valence-corrected chi connectivity index (χ0v) is 11.1. The first-order chi connectivity index (χ1) is 9.15. The molecule has 0 unspecified atom stereocenters. The van der Waals surface area contributed by atoms with Crippen molar-refractivity contribution in [2.75, 3.05) is 11.9 Å². The largest absolute Gasteiger partial charge is 0.492 e. The van der Waals surface area contributed by atoms with Crippen molar-refractivity contribution in [1.29, 1.82) is 0 Å². The van der Waals surface area contributed by atoms with Crippen LogP contribution in [0.3, 0.4) is 0 Å². The summed E-state index contributed by atoms with van der Waals surface area (Å²) in [6, 6.07) is -0.286. The summed E-state index contributed by atoms with van der Waals surface area (Å²) in [5.41, 5.74) is -1.14. The Morgan fingerprint density at radius 3 is 1.65 bits per heavy atom. The number of rotatable bonds is 6. The van der Waals surface area contributed by atoms with E-state index in [0.717, 1.165) is 0 Å². The van der Waals surface area contributed by atoms with Crippen molar-refractivity contribution in [1.82, 2.24) is 0 Å². The minimum atomic E-state index is -4.18. The lowest BCUT2D eigenvalue weighted by atomic mass is 10.2. The smallest absolute Gasteiger partial charge is 0.390 e. The van der Waals surface area contributed by atoms with Crippen LogP contribution in [0.4, 0.5) is 27.6 Å². The second-order valence-corrected chi connectivity index (χ2v) is 6.15. The first-order valence-electron chi connectivity index (χ1n) is 5.57. The van der Waals surface area contributed by atoms with Crippen LogP contribution in [-0.4, -0.2) is 29.7 Å². The maximum atomic E-state index is 13.2. The van der Waals surface area contributed by atoms with Gasteiger partial charge >= 0.3 is 8.80 Å². The van der Waals surface area contributed by atoms with Gasteiger partial charge in [0.2, 0.25) is 5.82 Å². The van der Waals surface area contributed by atoms with E-state index < -0.39 is 43.6 Å². The number of anilines is 1. The molecular formula is C10H12F5NO3Si. The molecule has 0 aliphatic carbocycles. The van der Waals surface area contributed by atoms with Crippen LogP contribution in [0.25, 0.3) is 0 Å². The van der Waals surface area contributed by atoms with Crippen molar-refractivity contribution in [3.8, 4) is 0 Å². The van der Waals surface area contributed by atoms with Gasteiger partial charge in [-0.15, -0.1) is 0 Å². The Balaban J connectivity index is 2.66. The molecule has 0 fully saturated rings. The zero-order chi connectivity index (χ0) is 15.5. The van der Waals surface area contributed by atoms with E-state index in [-0.39, 0.29) is 25.4 Å². The highest BCUT2D eigenvalue weighted by atomic mass is 28.4. The fraction of sp³-hybridized carbons (Fsp3) is 0.400. The SMILES string of the molecule is O[Si](O)(O)CCCCNc1c(F)c(F)c(F)c(F)c1F. The van der Waals surface area contributed by atoms with Crippen LogP contribution in [0.15, 0.2) is 0 Å². The number of nitrogens with one attached hydrogen (secondary N) is 1. The Kier molecular flexibility index (Phi) is 5.45. The van der Waals surface area contributed by atoms with E-state index >= 15 is 0 Å². The predicted molar refractivity (Wildman–Crippen MR) is 61.2 cm³/mol. The van der Waals surface area contributed by atoms with Crippen LogP contribution in [0.2, 0.25) is 6.04 Å². The lowest BCUT2D eigenvalue weighted by Gasteiger charge is -2.12. The van der Waals surface area contributed by atoms with E-state index in [1.54, 1.807) is 0 Å². The predicted octanol–water partition coefficient (Wildman–Crippen LogP) is 1.49. The van der Waals surface area contributed by atoms with Gasteiger partial charge in [0.15, 0.2) is 23.3 Å². The number of hydrogen-bond donors (Lipinski definition) is 4. The molecule has 10 heteroatoms. The van der Waals surface area contributed by atoms with Crippen molar-refractivity contribution < 1.29 is 36.3 Å². The molecule has 0 aromatic heterocycles. The quantitative estimate of drug-likeness (QED) is 0.211. The van der Waals surface area contributed by atoms with Crippen LogP contribution in [0.5, 0.6) is 0 Å². The zero-order valence-electron chi connectivity index (χ0n) is 10.1. The maximum absolute atomic E-state index is 13.2. The van der Waals surface area contributed by atoms with E-state index in [1.807, 2.05) is 0 Å². The second-order valence-electron chi connectivity index (χ2n) is 4.10. The van der Waals surface area contributed by atoms with E-state index in [2.05, 4.69) is 5.32 Å². The molecule has 0 radical (unpaired) electrons. The highest BCUT2D eigenvalue weighted by Gasteiger charge is 2.26. The molecule has 20 heavy (non-hydrogen) atoms. The summed E-state index contributed by atoms with van der Waals surface area (Å²) in [6.45, 7) is -0.164. The first kappa shape index (κ1) is 16.8. The molecule has 1 rings (SSSR count). The Labute approximate surface area is 111 Å². The summed E-state index contributed by atoms with van der Waals surface area (Å²) in [4.78, 5) is 26.1. The summed E-state index contributed by atoms with van der Waals surface area (Å²) < 4.78 is 64.8. The molecule has 0 aliphatic heterocycles. The second kappa shape index (κ2) is 6.48. The molecule has 0 bridgehead atoms. The van der Waals surface area contributed by atoms with Crippen LogP contribution < -0.4 is 5.32 Å². The van der Waals surface area contributed by atoms with Crippen molar-refractivity contribution >= 4 is 14.5 Å². The molecule has 0 spiro atoms. The summed E-state index contributed by atoms with van der Waals surface area (Å²) in [5.74, 6) is -10.2. The van der Waals surface area contributed by atoms with E-state index in [9.17, 15) is 22.0 Å². The topological polar surface area (TPSA) is 72.7 Å². The molecule has 0 atom stereocenters. The average Bonchev–Trinajstić information content (AvgIpc) is 2.36. The standard InChI is InChI=1S/C10H12F5NO3Si/c11-5-6(12)8(14)10(9(15)7(5)13)16-3-1-2-4-20(17,18)19/h16-19H,1-4H2. The summed E-state index contributed by atoms with van der Waals surface area (Å²) >= 11 is 0. The normalized spacial score (nSPS) is 11.8. The minimum Gasteiger partial charge on any atom is -0.390 e. The van der Waals surface area contributed by atoms with Gasteiger partial charge in [0, 0.05) is 12.6 Å². The van der Waals surface area contributed by atoms with Crippen LogP contribution in [-0.2, 0) is 0 Å². The van der Waals surface area contributed by atoms with Crippen LogP contribution >= 0.6 is 0 Å². The monoisotopic (exact) mass is 317 g/mol. The molecule has 0 aliphatic rings. The molecule has 4 nitrogen and oxygen atoms in total. The molecule has 1 aromatic rings. The van der Waals surface area contributed by atoms with E-state index in [4.69, 9.17) is 14.4 Å². The summed E-state index contributed by atoms with van der Waals surface area (Å²) in [7, 11) is -4.18. The van der Waals surface area contributed by atoms with Crippen molar-refractivity contribution in [3.63, 3.8) is 0 Å². The lowest BCUT2D eigenvalue weighted by Crippen LogP contribution is -2.34. The van der Waals surface area contributed by atoms with Gasteiger partial charge in [0.25, 0.3) is 0 Å². The first-order valence-corrected chi connectivity index (χ1v) is 7.62. The maximum Gasteiger partial charge on any atom is 0.492 e. The molecule has 1 aromatic carbocycles. The molecule has 0 saturated carbocycles. The Morgan fingerprint density at radius 1 is 0.750 bits per heavy atom. The molecule has 0 heterocycles. The van der Waals surface area contributed by atoms with Crippen LogP contribution in [0.1, 0.15) is 12.8 Å². The van der Waals surface area contributed by atoms with Crippen molar-refractivity contribution in [3.05, 3.63) is 29.1 Å². The van der Waals surface area contributed by atoms with Gasteiger partial charge in [-0.05, 0) is 12.8 Å². The molecule has 0 amide bonds. The van der Waals surface area contributed by atoms with Gasteiger partial charge in [0.1, 0.15) is 5.69 Å². The molecule has 4 N–H and O–H groups in total. The lowest BCUT2D eigenvalue weighted by molar-refractivity contribution is 0.226. The van der Waals surface area contributed by atoms with Crippen LogP contribution in [0, 0.1) is 29.1 Å². The van der Waals surface area contributed by atoms with Crippen molar-refractivity contribution in [2.45, 2.75) is 18.9 Å². The van der Waals surface area contributed by atoms with Gasteiger partial charge in [-0.2, -0.15) is 0 Å². The Hall–Kier alpha value is -1.23. The highest BCUT2D eigenvalue weighted by molar-refractivity contribution is 6.56. The van der Waals surface area contributed by atoms with E-state index in [0.29, 0.717) is 0 Å². The fourth-order valence-electron chi connectivity index (χ4n) is 1.46. The van der Waals surface area contributed by atoms with Gasteiger partial charge in [0.05, 0.1) is 0 Å². The van der Waals surface area contributed by atoms with Gasteiger partial charge in [-0.1, -0.05) is 0 Å². The number of benzene rings is 1. The Bertz CT molecular complexity index is 466. The summed E-state index contributed by atoms with van der Waals surface area (Å²) in [5, 5.41) is 2.05. The molecular weight excluding hydrogens is 305 g/mol. The van der Waals surface area contributed by atoms with Gasteiger partial charge in [-0.25, -0.2) is 22.0 Å². The van der Waals surface area contributed by atoms with E-state index in [1.165, 1.54) is 0 Å². The summed E-state index contributed by atoms with van der Waals surface area (Å²) in [6.07, 6.45) is 0.244. The van der Waals surface area contributed by atoms with Gasteiger partial charge < -0.3 is 19.7 Å². The fourth-order valence-corrected chi connectivity index (χ4v) is 2.19. The Morgan fingerprint density at radius 2 is 1.20 bits per heavy atom. The third-order valence-electron chi connectivity index (χ3n) is 2.45. The average molecular weight is 317 g/mol.